The van der Waals surface area contributed by atoms with Crippen LogP contribution in [-0.4, -0.2) is 43.0 Å². The van der Waals surface area contributed by atoms with Crippen molar-refractivity contribution in [1.29, 1.82) is 0 Å². The Kier molecular flexibility index (Phi) is 7.75. The molecule has 0 aliphatic carbocycles. The van der Waals surface area contributed by atoms with Crippen LogP contribution >= 0.6 is 11.3 Å². The van der Waals surface area contributed by atoms with E-state index in [0.29, 0.717) is 18.2 Å². The van der Waals surface area contributed by atoms with Crippen LogP contribution in [0.5, 0.6) is 5.75 Å². The molecule has 3 rings (SSSR count). The molecular weight excluding hydrogens is 412 g/mol. The van der Waals surface area contributed by atoms with Crippen LogP contribution in [0.4, 0.5) is 14.5 Å². The van der Waals surface area contributed by atoms with Crippen molar-refractivity contribution in [3.8, 4) is 5.75 Å². The Hall–Kier alpha value is -2.52. The highest BCUT2D eigenvalue weighted by molar-refractivity contribution is 7.10. The maximum absolute atomic E-state index is 12.3. The molecule has 1 atom stereocenters. The van der Waals surface area contributed by atoms with Crippen LogP contribution in [0.3, 0.4) is 0 Å². The van der Waals surface area contributed by atoms with Gasteiger partial charge in [0.15, 0.2) is 0 Å². The Labute approximate surface area is 178 Å². The average Bonchev–Trinajstić information content (AvgIpc) is 3.25. The molecule has 1 fully saturated rings. The lowest BCUT2D eigenvalue weighted by atomic mass is 9.97. The first-order valence-electron chi connectivity index (χ1n) is 9.84. The highest BCUT2D eigenvalue weighted by Gasteiger charge is 2.26. The van der Waals surface area contributed by atoms with E-state index in [1.54, 1.807) is 11.3 Å². The summed E-state index contributed by atoms with van der Waals surface area (Å²) in [6.07, 6.45) is 2.23. The molecule has 1 aromatic carbocycles. The van der Waals surface area contributed by atoms with Gasteiger partial charge in [-0.05, 0) is 67.6 Å². The van der Waals surface area contributed by atoms with Crippen LogP contribution < -0.4 is 15.4 Å². The molecule has 162 valence electrons. The third kappa shape index (κ3) is 6.24. The summed E-state index contributed by atoms with van der Waals surface area (Å²) in [6, 6.07) is 9.43. The quantitative estimate of drug-likeness (QED) is 0.645. The Morgan fingerprint density at radius 2 is 1.87 bits per heavy atom. The molecule has 2 amide bonds. The number of thiophene rings is 1. The van der Waals surface area contributed by atoms with E-state index in [0.717, 1.165) is 30.8 Å². The zero-order chi connectivity index (χ0) is 21.5. The van der Waals surface area contributed by atoms with E-state index < -0.39 is 18.4 Å². The molecule has 2 N–H and O–H groups in total. The fourth-order valence-electron chi connectivity index (χ4n) is 3.41. The minimum atomic E-state index is -2.92. The van der Waals surface area contributed by atoms with Crippen LogP contribution in [-0.2, 0) is 9.59 Å². The molecule has 2 heterocycles. The largest absolute Gasteiger partial charge is 0.435 e. The predicted octanol–water partition coefficient (Wildman–Crippen LogP) is 3.88. The molecule has 1 unspecified atom stereocenters. The normalized spacial score (nSPS) is 16.3. The molecule has 1 aliphatic rings. The van der Waals surface area contributed by atoms with Crippen molar-refractivity contribution in [3.63, 3.8) is 0 Å². The van der Waals surface area contributed by atoms with Gasteiger partial charge in [0.2, 0.25) is 0 Å². The second-order valence-electron chi connectivity index (χ2n) is 7.32. The number of benzene rings is 1. The van der Waals surface area contributed by atoms with Crippen molar-refractivity contribution >= 4 is 28.8 Å². The van der Waals surface area contributed by atoms with Gasteiger partial charge in [-0.1, -0.05) is 13.0 Å². The number of nitrogens with one attached hydrogen (secondary N) is 2. The molecule has 0 radical (unpaired) electrons. The summed E-state index contributed by atoms with van der Waals surface area (Å²) >= 11 is 1.63. The van der Waals surface area contributed by atoms with Crippen molar-refractivity contribution in [2.45, 2.75) is 32.4 Å². The topological polar surface area (TPSA) is 70.7 Å². The summed E-state index contributed by atoms with van der Waals surface area (Å²) < 4.78 is 28.6. The van der Waals surface area contributed by atoms with E-state index in [1.807, 2.05) is 17.5 Å². The summed E-state index contributed by atoms with van der Waals surface area (Å²) in [4.78, 5) is 28.0. The van der Waals surface area contributed by atoms with E-state index >= 15 is 0 Å². The van der Waals surface area contributed by atoms with Crippen LogP contribution in [0.25, 0.3) is 0 Å². The Morgan fingerprint density at radius 3 is 2.47 bits per heavy atom. The first-order chi connectivity index (χ1) is 14.4. The number of amides is 2. The molecule has 2 aromatic rings. The minimum Gasteiger partial charge on any atom is -0.435 e. The highest BCUT2D eigenvalue weighted by atomic mass is 32.1. The maximum Gasteiger partial charge on any atom is 0.387 e. The second kappa shape index (κ2) is 10.5. The average molecular weight is 438 g/mol. The summed E-state index contributed by atoms with van der Waals surface area (Å²) in [6.45, 7) is 1.58. The highest BCUT2D eigenvalue weighted by Crippen LogP contribution is 2.29. The molecule has 1 saturated heterocycles. The van der Waals surface area contributed by atoms with E-state index in [-0.39, 0.29) is 11.8 Å². The van der Waals surface area contributed by atoms with Crippen molar-refractivity contribution in [1.82, 2.24) is 10.2 Å². The van der Waals surface area contributed by atoms with Gasteiger partial charge < -0.3 is 15.4 Å². The van der Waals surface area contributed by atoms with Crippen molar-refractivity contribution < 1.29 is 23.1 Å². The number of anilines is 1. The van der Waals surface area contributed by atoms with Crippen LogP contribution in [0, 0.1) is 5.92 Å². The number of alkyl halides is 2. The second-order valence-corrected chi connectivity index (χ2v) is 8.30. The fraction of sp³-hybridized carbons (Fsp3) is 0.429. The Morgan fingerprint density at radius 1 is 1.17 bits per heavy atom. The first kappa shape index (κ1) is 22.2. The lowest BCUT2D eigenvalue weighted by molar-refractivity contribution is -0.136. The lowest BCUT2D eigenvalue weighted by Crippen LogP contribution is -2.44. The standard InChI is InChI=1S/C21H25F2N3O3S/c1-14-8-10-26(11-9-14)17(18-3-2-12-30-18)13-24-19(27)20(28)25-15-4-6-16(7-5-15)29-21(22)23/h2-7,12,14,17,21H,8-11,13H2,1H3,(H,24,27)(H,25,28). The van der Waals surface area contributed by atoms with Gasteiger partial charge in [0.1, 0.15) is 5.75 Å². The maximum atomic E-state index is 12.3. The molecule has 30 heavy (non-hydrogen) atoms. The number of carbonyl (C=O) groups excluding carboxylic acids is 2. The number of hydrogen-bond acceptors (Lipinski definition) is 5. The van der Waals surface area contributed by atoms with Gasteiger partial charge in [-0.15, -0.1) is 11.3 Å². The van der Waals surface area contributed by atoms with Crippen molar-refractivity contribution in [2.75, 3.05) is 25.0 Å². The van der Waals surface area contributed by atoms with Gasteiger partial charge in [-0.2, -0.15) is 8.78 Å². The van der Waals surface area contributed by atoms with E-state index in [2.05, 4.69) is 27.2 Å². The zero-order valence-corrected chi connectivity index (χ0v) is 17.5. The number of likely N-dealkylation sites (tertiary alicyclic amines) is 1. The smallest absolute Gasteiger partial charge is 0.387 e. The number of piperidine rings is 1. The first-order valence-corrected chi connectivity index (χ1v) is 10.7. The zero-order valence-electron chi connectivity index (χ0n) is 16.6. The number of halogens is 2. The number of hydrogen-bond donors (Lipinski definition) is 2. The minimum absolute atomic E-state index is 0.0258. The third-order valence-electron chi connectivity index (χ3n) is 5.13. The van der Waals surface area contributed by atoms with Gasteiger partial charge in [0, 0.05) is 17.1 Å². The predicted molar refractivity (Wildman–Crippen MR) is 112 cm³/mol. The number of ether oxygens (including phenoxy) is 1. The van der Waals surface area contributed by atoms with Crippen molar-refractivity contribution in [3.05, 3.63) is 46.7 Å². The molecule has 1 aromatic heterocycles. The van der Waals surface area contributed by atoms with Gasteiger partial charge in [0.25, 0.3) is 0 Å². The molecule has 0 spiro atoms. The summed E-state index contributed by atoms with van der Waals surface area (Å²) in [5.41, 5.74) is 0.316. The summed E-state index contributed by atoms with van der Waals surface area (Å²) in [7, 11) is 0. The third-order valence-corrected chi connectivity index (χ3v) is 6.10. The van der Waals surface area contributed by atoms with Crippen LogP contribution in [0.15, 0.2) is 41.8 Å². The SMILES string of the molecule is CC1CCN(C(CNC(=O)C(=O)Nc2ccc(OC(F)F)cc2)c2cccs2)CC1. The lowest BCUT2D eigenvalue weighted by Gasteiger charge is -2.36. The summed E-state index contributed by atoms with van der Waals surface area (Å²) in [5.74, 6) is -0.880. The van der Waals surface area contributed by atoms with Gasteiger partial charge in [0.05, 0.1) is 6.04 Å². The van der Waals surface area contributed by atoms with Gasteiger partial charge in [-0.25, -0.2) is 0 Å². The van der Waals surface area contributed by atoms with Crippen LogP contribution in [0.2, 0.25) is 0 Å². The van der Waals surface area contributed by atoms with Gasteiger partial charge >= 0.3 is 18.4 Å². The van der Waals surface area contributed by atoms with E-state index in [4.69, 9.17) is 0 Å². The van der Waals surface area contributed by atoms with Gasteiger partial charge in [-0.3, -0.25) is 14.5 Å². The molecule has 0 bridgehead atoms. The number of carbonyl (C=O) groups is 2. The Balaban J connectivity index is 1.55. The molecule has 1 aliphatic heterocycles. The van der Waals surface area contributed by atoms with E-state index in [9.17, 15) is 18.4 Å². The molecule has 6 nitrogen and oxygen atoms in total. The molecular formula is C21H25F2N3O3S. The molecule has 0 saturated carbocycles. The Bertz CT molecular complexity index is 823. The fourth-order valence-corrected chi connectivity index (χ4v) is 4.27. The summed E-state index contributed by atoms with van der Waals surface area (Å²) in [5, 5.41) is 7.19. The van der Waals surface area contributed by atoms with Crippen molar-refractivity contribution in [2.24, 2.45) is 5.92 Å². The number of rotatable bonds is 7. The molecule has 9 heteroatoms. The monoisotopic (exact) mass is 437 g/mol. The number of nitrogens with zero attached hydrogens (tertiary/aromatic N) is 1. The van der Waals surface area contributed by atoms with E-state index in [1.165, 1.54) is 24.3 Å². The van der Waals surface area contributed by atoms with Crippen LogP contribution in [0.1, 0.15) is 30.7 Å².